The van der Waals surface area contributed by atoms with Crippen LogP contribution in [0, 0.1) is 0 Å². The molecular formula is C15H12N2O3. The predicted molar refractivity (Wildman–Crippen MR) is 74.0 cm³/mol. The molecule has 0 atom stereocenters. The zero-order chi connectivity index (χ0) is 13.9. The maximum atomic E-state index is 11.9. The summed E-state index contributed by atoms with van der Waals surface area (Å²) in [5.41, 5.74) is 7.58. The molecule has 2 N–H and O–H groups in total. The number of benzene rings is 1. The van der Waals surface area contributed by atoms with Gasteiger partial charge in [-0.05, 0) is 36.4 Å². The second-order valence-electron chi connectivity index (χ2n) is 4.31. The van der Waals surface area contributed by atoms with Crippen LogP contribution in [0.2, 0.25) is 0 Å². The fraction of sp³-hybridized carbons (Fsp3) is 0.0667. The van der Waals surface area contributed by atoms with Crippen LogP contribution in [0.5, 0.6) is 0 Å². The van der Waals surface area contributed by atoms with Crippen LogP contribution in [0.4, 0.5) is 5.69 Å². The van der Waals surface area contributed by atoms with E-state index in [0.29, 0.717) is 17.0 Å². The number of esters is 1. The number of nitrogens with two attached hydrogens (primary N) is 1. The second-order valence-corrected chi connectivity index (χ2v) is 4.31. The number of nitrogens with zero attached hydrogens (tertiary/aromatic N) is 1. The maximum Gasteiger partial charge on any atom is 0.374 e. The maximum absolute atomic E-state index is 11.9. The molecule has 0 aliphatic heterocycles. The van der Waals surface area contributed by atoms with Crippen molar-refractivity contribution in [2.75, 3.05) is 5.73 Å². The minimum absolute atomic E-state index is 0.110. The number of hydrogen-bond donors (Lipinski definition) is 1. The summed E-state index contributed by atoms with van der Waals surface area (Å²) in [6.45, 7) is 0.110. The highest BCUT2D eigenvalue weighted by molar-refractivity contribution is 5.93. The first kappa shape index (κ1) is 12.2. The van der Waals surface area contributed by atoms with Crippen LogP contribution < -0.4 is 5.73 Å². The van der Waals surface area contributed by atoms with Crippen molar-refractivity contribution < 1.29 is 13.9 Å². The number of carbonyl (C=O) groups is 1. The second kappa shape index (κ2) is 5.05. The van der Waals surface area contributed by atoms with Crippen molar-refractivity contribution in [3.8, 4) is 0 Å². The van der Waals surface area contributed by atoms with E-state index in [2.05, 4.69) is 4.98 Å². The lowest BCUT2D eigenvalue weighted by Gasteiger charge is -2.01. The van der Waals surface area contributed by atoms with E-state index < -0.39 is 5.97 Å². The molecule has 0 fully saturated rings. The molecule has 0 saturated heterocycles. The molecule has 2 aromatic heterocycles. The molecule has 100 valence electrons. The number of carbonyl (C=O) groups excluding carboxylic acids is 1. The molecule has 0 radical (unpaired) electrons. The van der Waals surface area contributed by atoms with Gasteiger partial charge in [0.05, 0.1) is 5.69 Å². The van der Waals surface area contributed by atoms with Crippen LogP contribution in [0.25, 0.3) is 11.0 Å². The monoisotopic (exact) mass is 268 g/mol. The van der Waals surface area contributed by atoms with Gasteiger partial charge in [0.2, 0.25) is 5.76 Å². The van der Waals surface area contributed by atoms with Crippen molar-refractivity contribution in [2.24, 2.45) is 0 Å². The number of aromatic nitrogens is 1. The highest BCUT2D eigenvalue weighted by atomic mass is 16.5. The highest BCUT2D eigenvalue weighted by Crippen LogP contribution is 2.22. The highest BCUT2D eigenvalue weighted by Gasteiger charge is 2.14. The molecule has 0 saturated carbocycles. The molecule has 0 spiro atoms. The number of ether oxygens (including phenoxy) is 1. The lowest BCUT2D eigenvalue weighted by atomic mass is 10.2. The topological polar surface area (TPSA) is 78.3 Å². The Morgan fingerprint density at radius 1 is 1.25 bits per heavy atom. The summed E-state index contributed by atoms with van der Waals surface area (Å²) >= 11 is 0. The minimum Gasteiger partial charge on any atom is -0.453 e. The average Bonchev–Trinajstić information content (AvgIpc) is 2.89. The van der Waals surface area contributed by atoms with Gasteiger partial charge in [-0.3, -0.25) is 4.98 Å². The fourth-order valence-electron chi connectivity index (χ4n) is 1.86. The van der Waals surface area contributed by atoms with Gasteiger partial charge < -0.3 is 14.9 Å². The van der Waals surface area contributed by atoms with Gasteiger partial charge >= 0.3 is 5.97 Å². The van der Waals surface area contributed by atoms with E-state index in [1.807, 2.05) is 6.07 Å². The smallest absolute Gasteiger partial charge is 0.374 e. The quantitative estimate of drug-likeness (QED) is 0.583. The molecular weight excluding hydrogens is 256 g/mol. The molecule has 0 amide bonds. The molecule has 0 aliphatic carbocycles. The molecule has 5 nitrogen and oxygen atoms in total. The lowest BCUT2D eigenvalue weighted by molar-refractivity contribution is 0.0434. The summed E-state index contributed by atoms with van der Waals surface area (Å²) in [4.78, 5) is 16.0. The number of fused-ring (bicyclic) bond motifs is 1. The summed E-state index contributed by atoms with van der Waals surface area (Å²) < 4.78 is 10.6. The van der Waals surface area contributed by atoms with E-state index in [1.165, 1.54) is 0 Å². The number of anilines is 1. The molecule has 5 heteroatoms. The van der Waals surface area contributed by atoms with Gasteiger partial charge in [-0.15, -0.1) is 0 Å². The molecule has 0 unspecified atom stereocenters. The molecule has 3 aromatic rings. The van der Waals surface area contributed by atoms with Crippen molar-refractivity contribution in [2.45, 2.75) is 6.61 Å². The molecule has 20 heavy (non-hydrogen) atoms. The Bertz CT molecular complexity index is 750. The fourth-order valence-corrected chi connectivity index (χ4v) is 1.86. The summed E-state index contributed by atoms with van der Waals surface area (Å²) in [7, 11) is 0. The number of furan rings is 1. The van der Waals surface area contributed by atoms with E-state index in [4.69, 9.17) is 14.9 Å². The van der Waals surface area contributed by atoms with E-state index >= 15 is 0 Å². The number of nitrogen functional groups attached to an aromatic ring is 1. The number of rotatable bonds is 3. The van der Waals surface area contributed by atoms with Gasteiger partial charge in [0.15, 0.2) is 0 Å². The third-order valence-corrected chi connectivity index (χ3v) is 2.82. The Balaban J connectivity index is 1.75. The van der Waals surface area contributed by atoms with Gasteiger partial charge in [0, 0.05) is 17.3 Å². The van der Waals surface area contributed by atoms with Gasteiger partial charge in [0.1, 0.15) is 12.2 Å². The van der Waals surface area contributed by atoms with Gasteiger partial charge in [0.25, 0.3) is 0 Å². The zero-order valence-electron chi connectivity index (χ0n) is 10.6. The van der Waals surface area contributed by atoms with E-state index in [0.717, 1.165) is 5.39 Å². The first-order valence-corrected chi connectivity index (χ1v) is 6.08. The minimum atomic E-state index is -0.523. The van der Waals surface area contributed by atoms with Crippen molar-refractivity contribution in [3.05, 3.63) is 60.1 Å². The largest absolute Gasteiger partial charge is 0.453 e. The Morgan fingerprint density at radius 3 is 2.95 bits per heavy atom. The van der Waals surface area contributed by atoms with E-state index in [9.17, 15) is 4.79 Å². The first-order chi connectivity index (χ1) is 9.72. The summed E-state index contributed by atoms with van der Waals surface area (Å²) in [6, 6.07) is 12.2. The molecule has 3 rings (SSSR count). The van der Waals surface area contributed by atoms with Crippen LogP contribution in [0.15, 0.2) is 53.1 Å². The van der Waals surface area contributed by atoms with Gasteiger partial charge in [-0.1, -0.05) is 6.07 Å². The first-order valence-electron chi connectivity index (χ1n) is 6.08. The number of pyridine rings is 1. The van der Waals surface area contributed by atoms with Gasteiger partial charge in [-0.25, -0.2) is 4.79 Å². The Labute approximate surface area is 115 Å². The average molecular weight is 268 g/mol. The third kappa shape index (κ3) is 2.47. The van der Waals surface area contributed by atoms with Crippen LogP contribution >= 0.6 is 0 Å². The van der Waals surface area contributed by atoms with Crippen LogP contribution in [0.1, 0.15) is 16.2 Å². The summed E-state index contributed by atoms with van der Waals surface area (Å²) in [5, 5.41) is 0.773. The van der Waals surface area contributed by atoms with Crippen LogP contribution in [-0.4, -0.2) is 11.0 Å². The molecule has 2 heterocycles. The standard InChI is InChI=1S/C15H12N2O3/c16-11-4-5-13-10(7-11)8-14(20-13)15(18)19-9-12-3-1-2-6-17-12/h1-8H,9,16H2. The van der Waals surface area contributed by atoms with Crippen molar-refractivity contribution in [3.63, 3.8) is 0 Å². The molecule has 0 bridgehead atoms. The van der Waals surface area contributed by atoms with Crippen LogP contribution in [-0.2, 0) is 11.3 Å². The summed E-state index contributed by atoms with van der Waals surface area (Å²) in [6.07, 6.45) is 1.65. The normalized spacial score (nSPS) is 10.6. The molecule has 1 aromatic carbocycles. The summed E-state index contributed by atoms with van der Waals surface area (Å²) in [5.74, 6) is -0.369. The van der Waals surface area contributed by atoms with Gasteiger partial charge in [-0.2, -0.15) is 0 Å². The van der Waals surface area contributed by atoms with E-state index in [-0.39, 0.29) is 12.4 Å². The lowest BCUT2D eigenvalue weighted by Crippen LogP contribution is -2.04. The van der Waals surface area contributed by atoms with Crippen LogP contribution in [0.3, 0.4) is 0 Å². The number of hydrogen-bond acceptors (Lipinski definition) is 5. The predicted octanol–water partition coefficient (Wildman–Crippen LogP) is 2.77. The van der Waals surface area contributed by atoms with Crippen molar-refractivity contribution in [1.82, 2.24) is 4.98 Å². The Kier molecular flexibility index (Phi) is 3.09. The Hall–Kier alpha value is -2.82. The van der Waals surface area contributed by atoms with Crippen molar-refractivity contribution in [1.29, 1.82) is 0 Å². The zero-order valence-corrected chi connectivity index (χ0v) is 10.6. The third-order valence-electron chi connectivity index (χ3n) is 2.82. The van der Waals surface area contributed by atoms with E-state index in [1.54, 1.807) is 42.6 Å². The molecule has 0 aliphatic rings. The SMILES string of the molecule is Nc1ccc2oc(C(=O)OCc3ccccn3)cc2c1. The van der Waals surface area contributed by atoms with Crippen molar-refractivity contribution >= 4 is 22.6 Å². The Morgan fingerprint density at radius 2 is 2.15 bits per heavy atom.